The Morgan fingerprint density at radius 3 is 2.89 bits per heavy atom. The first-order valence-electron chi connectivity index (χ1n) is 10.8. The number of hydrogen-bond acceptors (Lipinski definition) is 9. The van der Waals surface area contributed by atoms with Crippen molar-refractivity contribution in [3.8, 4) is 0 Å². The van der Waals surface area contributed by atoms with E-state index >= 15 is 0 Å². The summed E-state index contributed by atoms with van der Waals surface area (Å²) in [5, 5.41) is 23.4. The summed E-state index contributed by atoms with van der Waals surface area (Å²) in [6, 6.07) is 8.85. The summed E-state index contributed by atoms with van der Waals surface area (Å²) in [5.74, 6) is -0.484. The molecule has 2 aromatic heterocycles. The van der Waals surface area contributed by atoms with Gasteiger partial charge in [0.1, 0.15) is 17.8 Å². The number of aromatic nitrogens is 4. The van der Waals surface area contributed by atoms with Crippen LogP contribution in [0.1, 0.15) is 40.2 Å². The first kappa shape index (κ1) is 25.2. The van der Waals surface area contributed by atoms with Crippen LogP contribution in [0.25, 0.3) is 0 Å². The maximum absolute atomic E-state index is 13.3. The summed E-state index contributed by atoms with van der Waals surface area (Å²) in [7, 11) is -4.10. The average Bonchev–Trinajstić information content (AvgIpc) is 3.33. The fraction of sp³-hybridized carbons (Fsp3) is 0.364. The van der Waals surface area contributed by atoms with Crippen molar-refractivity contribution in [2.24, 2.45) is 11.1 Å². The predicted octanol–water partition coefficient (Wildman–Crippen LogP) is 1.69. The lowest BCUT2D eigenvalue weighted by atomic mass is 10.1. The number of ketones is 1. The number of aryl methyl sites for hydroxylation is 1. The van der Waals surface area contributed by atoms with E-state index in [1.807, 2.05) is 25.1 Å². The number of carbonyl (C=O) groups excluding carboxylic acids is 1. The summed E-state index contributed by atoms with van der Waals surface area (Å²) in [5.41, 5.74) is 2.23. The molecule has 1 fully saturated rings. The van der Waals surface area contributed by atoms with E-state index in [9.17, 15) is 18.3 Å². The Kier molecular flexibility index (Phi) is 7.47. The molecule has 0 saturated heterocycles. The van der Waals surface area contributed by atoms with E-state index in [1.54, 1.807) is 16.8 Å². The van der Waals surface area contributed by atoms with E-state index in [0.29, 0.717) is 30.2 Å². The second-order valence-corrected chi connectivity index (χ2v) is 10.1. The molecule has 3 aromatic rings. The van der Waals surface area contributed by atoms with Gasteiger partial charge in [-0.15, -0.1) is 0 Å². The van der Waals surface area contributed by atoms with E-state index in [4.69, 9.17) is 16.7 Å². The van der Waals surface area contributed by atoms with Crippen molar-refractivity contribution in [2.75, 3.05) is 11.9 Å². The van der Waals surface area contributed by atoms with Crippen molar-refractivity contribution >= 4 is 33.5 Å². The summed E-state index contributed by atoms with van der Waals surface area (Å²) < 4.78 is 28.5. The molecule has 2 heterocycles. The molecule has 0 spiro atoms. The quantitative estimate of drug-likeness (QED) is 0.356. The molecule has 13 heteroatoms. The van der Waals surface area contributed by atoms with Crippen molar-refractivity contribution in [2.45, 2.75) is 38.5 Å². The number of hydrogen-bond donors (Lipinski definition) is 3. The van der Waals surface area contributed by atoms with Gasteiger partial charge in [0.05, 0.1) is 24.8 Å². The van der Waals surface area contributed by atoms with Crippen LogP contribution in [-0.4, -0.2) is 57.8 Å². The Morgan fingerprint density at radius 2 is 2.14 bits per heavy atom. The first-order valence-corrected chi connectivity index (χ1v) is 12.7. The number of benzene rings is 1. The van der Waals surface area contributed by atoms with Gasteiger partial charge < -0.3 is 10.4 Å². The van der Waals surface area contributed by atoms with Crippen molar-refractivity contribution in [3.05, 3.63) is 70.4 Å². The molecule has 1 aliphatic rings. The Bertz CT molecular complexity index is 1330. The number of halogens is 1. The molecule has 35 heavy (non-hydrogen) atoms. The van der Waals surface area contributed by atoms with Gasteiger partial charge in [-0.1, -0.05) is 23.7 Å². The predicted molar refractivity (Wildman–Crippen MR) is 128 cm³/mol. The highest BCUT2D eigenvalue weighted by Gasteiger charge is 2.35. The summed E-state index contributed by atoms with van der Waals surface area (Å²) in [4.78, 5) is 21.5. The molecule has 0 radical (unpaired) electrons. The summed E-state index contributed by atoms with van der Waals surface area (Å²) in [6.07, 6.45) is 2.66. The number of anilines is 1. The smallest absolute Gasteiger partial charge is 0.333 e. The monoisotopic (exact) mass is 520 g/mol. The summed E-state index contributed by atoms with van der Waals surface area (Å²) in [6.45, 7) is 2.09. The molecule has 186 valence electrons. The van der Waals surface area contributed by atoms with Crippen LogP contribution in [0.5, 0.6) is 0 Å². The van der Waals surface area contributed by atoms with E-state index < -0.39 is 22.3 Å². The summed E-state index contributed by atoms with van der Waals surface area (Å²) >= 11 is 6.07. The molecule has 0 bridgehead atoms. The van der Waals surface area contributed by atoms with Crippen molar-refractivity contribution in [1.82, 2.24) is 19.7 Å². The van der Waals surface area contributed by atoms with E-state index in [1.165, 1.54) is 12.5 Å². The van der Waals surface area contributed by atoms with Crippen molar-refractivity contribution in [1.29, 1.82) is 0 Å². The Balaban J connectivity index is 1.48. The molecule has 11 nitrogen and oxygen atoms in total. The van der Waals surface area contributed by atoms with Gasteiger partial charge in [-0.25, -0.2) is 15.1 Å². The molecule has 4 N–H and O–H groups in total. The molecule has 1 saturated carbocycles. The standard InChI is InChI=1S/C22H25ClN6O5S/c1-13-5-19(28-29(13)10-14-3-2-4-16(23)6-14)21(31)18-9-25-12-26-22(18)27-17-7-15(20(30)8-17)11-34-35(24,32)33/h2-6,9,12,15,17,20,30H,7-8,10-11H2,1H3,(H2,24,32,33)(H,25,26,27)/t15-,17-,20+/m1/s1. The molecule has 3 atom stereocenters. The molecule has 0 amide bonds. The highest BCUT2D eigenvalue weighted by molar-refractivity contribution is 7.84. The van der Waals surface area contributed by atoms with Crippen LogP contribution in [0, 0.1) is 12.8 Å². The number of nitrogens with zero attached hydrogens (tertiary/aromatic N) is 4. The average molecular weight is 521 g/mol. The second kappa shape index (κ2) is 10.4. The number of aliphatic hydroxyl groups is 1. The highest BCUT2D eigenvalue weighted by atomic mass is 35.5. The third kappa shape index (κ3) is 6.41. The topological polar surface area (TPSA) is 162 Å². The van der Waals surface area contributed by atoms with E-state index in [2.05, 4.69) is 24.6 Å². The van der Waals surface area contributed by atoms with Gasteiger partial charge in [0, 0.05) is 28.9 Å². The van der Waals surface area contributed by atoms with Crippen molar-refractivity contribution in [3.63, 3.8) is 0 Å². The lowest BCUT2D eigenvalue weighted by Gasteiger charge is -2.15. The van der Waals surface area contributed by atoms with Gasteiger partial charge in [0.2, 0.25) is 5.78 Å². The van der Waals surface area contributed by atoms with Gasteiger partial charge in [0.15, 0.2) is 0 Å². The van der Waals surface area contributed by atoms with Crippen LogP contribution < -0.4 is 10.5 Å². The number of rotatable bonds is 9. The minimum atomic E-state index is -4.10. The SMILES string of the molecule is Cc1cc(C(=O)c2cncnc2N[C@@H]2C[C@H](COS(N)(=O)=O)[C@@H](O)C2)nn1Cc1cccc(Cl)c1. The van der Waals surface area contributed by atoms with Gasteiger partial charge in [-0.3, -0.25) is 13.7 Å². The largest absolute Gasteiger partial charge is 0.393 e. The second-order valence-electron chi connectivity index (χ2n) is 8.49. The Labute approximate surface area is 207 Å². The fourth-order valence-corrected chi connectivity index (χ4v) is 4.69. The zero-order valence-electron chi connectivity index (χ0n) is 18.8. The molecular weight excluding hydrogens is 496 g/mol. The number of nitrogens with two attached hydrogens (primary N) is 1. The maximum Gasteiger partial charge on any atom is 0.333 e. The third-order valence-corrected chi connectivity index (χ3v) is 6.54. The van der Waals surface area contributed by atoms with Crippen LogP contribution in [0.4, 0.5) is 5.82 Å². The van der Waals surface area contributed by atoms with Crippen LogP contribution in [0.15, 0.2) is 42.9 Å². The lowest BCUT2D eigenvalue weighted by Crippen LogP contribution is -2.24. The van der Waals surface area contributed by atoms with Crippen LogP contribution in [0.3, 0.4) is 0 Å². The minimum absolute atomic E-state index is 0.225. The molecule has 0 unspecified atom stereocenters. The number of carbonyl (C=O) groups is 1. The van der Waals surface area contributed by atoms with E-state index in [0.717, 1.165) is 11.3 Å². The Hall–Kier alpha value is -2.90. The first-order chi connectivity index (χ1) is 16.6. The lowest BCUT2D eigenvalue weighted by molar-refractivity contribution is 0.101. The van der Waals surface area contributed by atoms with Crippen LogP contribution in [-0.2, 0) is 21.0 Å². The van der Waals surface area contributed by atoms with Gasteiger partial charge >= 0.3 is 10.3 Å². The molecule has 4 rings (SSSR count). The molecule has 1 aromatic carbocycles. The van der Waals surface area contributed by atoms with Gasteiger partial charge in [-0.2, -0.15) is 13.5 Å². The van der Waals surface area contributed by atoms with Crippen LogP contribution >= 0.6 is 11.6 Å². The zero-order valence-corrected chi connectivity index (χ0v) is 20.4. The molecule has 0 aliphatic heterocycles. The third-order valence-electron chi connectivity index (χ3n) is 5.84. The number of nitrogens with one attached hydrogen (secondary N) is 1. The zero-order chi connectivity index (χ0) is 25.2. The fourth-order valence-electron chi connectivity index (χ4n) is 4.11. The maximum atomic E-state index is 13.3. The van der Waals surface area contributed by atoms with E-state index in [-0.39, 0.29) is 29.7 Å². The minimum Gasteiger partial charge on any atom is -0.393 e. The van der Waals surface area contributed by atoms with Crippen LogP contribution in [0.2, 0.25) is 5.02 Å². The van der Waals surface area contributed by atoms with Gasteiger partial charge in [-0.05, 0) is 43.5 Å². The van der Waals surface area contributed by atoms with Gasteiger partial charge in [0.25, 0.3) is 0 Å². The highest BCUT2D eigenvalue weighted by Crippen LogP contribution is 2.30. The Morgan fingerprint density at radius 1 is 1.34 bits per heavy atom. The number of aliphatic hydroxyl groups excluding tert-OH is 1. The molecule has 1 aliphatic carbocycles. The normalized spacial score (nSPS) is 20.2. The van der Waals surface area contributed by atoms with Crippen molar-refractivity contribution < 1.29 is 22.5 Å². The molecular formula is C22H25ClN6O5S.